The van der Waals surface area contributed by atoms with Crippen molar-refractivity contribution in [3.8, 4) is 0 Å². The first kappa shape index (κ1) is 27.1. The lowest BCUT2D eigenvalue weighted by Crippen LogP contribution is -2.54. The number of esters is 1. The fourth-order valence-electron chi connectivity index (χ4n) is 2.69. The van der Waals surface area contributed by atoms with Gasteiger partial charge in [-0.15, -0.1) is 0 Å². The number of ether oxygens (including phenoxy) is 3. The van der Waals surface area contributed by atoms with E-state index < -0.39 is 47.7 Å². The van der Waals surface area contributed by atoms with Crippen LogP contribution in [0.15, 0.2) is 30.3 Å². The zero-order valence-electron chi connectivity index (χ0n) is 19.2. The Bertz CT molecular complexity index is 792. The van der Waals surface area contributed by atoms with E-state index in [0.717, 1.165) is 10.5 Å². The molecular formula is C22H33N3O7. The molecular weight excluding hydrogens is 418 g/mol. The minimum Gasteiger partial charge on any atom is -0.428 e. The fourth-order valence-corrected chi connectivity index (χ4v) is 2.69. The summed E-state index contributed by atoms with van der Waals surface area (Å²) in [5.74, 6) is -2.30. The van der Waals surface area contributed by atoms with Crippen molar-refractivity contribution in [2.75, 3.05) is 7.05 Å². The maximum atomic E-state index is 12.7. The molecule has 3 atom stereocenters. The molecule has 0 heterocycles. The Hall–Kier alpha value is -2.98. The highest BCUT2D eigenvalue weighted by atomic mass is 16.7. The Morgan fingerprint density at radius 2 is 1.69 bits per heavy atom. The molecule has 0 saturated carbocycles. The van der Waals surface area contributed by atoms with Crippen LogP contribution >= 0.6 is 0 Å². The number of amides is 2. The van der Waals surface area contributed by atoms with Gasteiger partial charge in [0.15, 0.2) is 0 Å². The zero-order valence-corrected chi connectivity index (χ0v) is 19.2. The maximum Gasteiger partial charge on any atom is 0.516 e. The molecule has 1 rings (SSSR count). The lowest BCUT2D eigenvalue weighted by Gasteiger charge is -2.30. The Kier molecular flexibility index (Phi) is 10.3. The number of carbonyl (C=O) groups is 4. The van der Waals surface area contributed by atoms with Gasteiger partial charge in [0.05, 0.1) is 12.7 Å². The van der Waals surface area contributed by atoms with Crippen LogP contribution in [-0.2, 0) is 35.2 Å². The van der Waals surface area contributed by atoms with E-state index in [9.17, 15) is 19.2 Å². The molecule has 0 aliphatic carbocycles. The smallest absolute Gasteiger partial charge is 0.428 e. The molecule has 0 bridgehead atoms. The van der Waals surface area contributed by atoms with Crippen molar-refractivity contribution in [2.45, 2.75) is 70.9 Å². The van der Waals surface area contributed by atoms with Gasteiger partial charge in [0.1, 0.15) is 17.7 Å². The largest absolute Gasteiger partial charge is 0.516 e. The van der Waals surface area contributed by atoms with Crippen molar-refractivity contribution >= 4 is 23.9 Å². The van der Waals surface area contributed by atoms with Crippen LogP contribution in [0.4, 0.5) is 4.79 Å². The third-order valence-corrected chi connectivity index (χ3v) is 4.50. The summed E-state index contributed by atoms with van der Waals surface area (Å²) in [5.41, 5.74) is 11.5. The van der Waals surface area contributed by atoms with Crippen LogP contribution < -0.4 is 11.5 Å². The summed E-state index contributed by atoms with van der Waals surface area (Å²) in [6.45, 7) is 6.78. The summed E-state index contributed by atoms with van der Waals surface area (Å²) in [7, 11) is 1.36. The average molecular weight is 452 g/mol. The summed E-state index contributed by atoms with van der Waals surface area (Å²) in [6, 6.07) is 7.20. The van der Waals surface area contributed by atoms with Crippen LogP contribution in [0.1, 0.15) is 46.1 Å². The van der Waals surface area contributed by atoms with Gasteiger partial charge in [-0.2, -0.15) is 0 Å². The molecule has 4 N–H and O–H groups in total. The van der Waals surface area contributed by atoms with Gasteiger partial charge in [0.25, 0.3) is 0 Å². The van der Waals surface area contributed by atoms with Crippen molar-refractivity contribution in [1.82, 2.24) is 4.90 Å². The molecule has 10 nitrogen and oxygen atoms in total. The molecule has 10 heteroatoms. The number of hydrogen-bond acceptors (Lipinski definition) is 8. The summed E-state index contributed by atoms with van der Waals surface area (Å²) < 4.78 is 15.1. The monoisotopic (exact) mass is 451 g/mol. The van der Waals surface area contributed by atoms with Gasteiger partial charge in [-0.05, 0) is 39.7 Å². The SMILES string of the molecule is C[C@@H](OCc1ccccc1)[C@H](N)C(=O)N(C)[C@H](CCC(=O)OC(=O)OC(C)(C)C)C(N)=O. The molecule has 1 aromatic carbocycles. The molecule has 0 radical (unpaired) electrons. The van der Waals surface area contributed by atoms with Crippen LogP contribution in [0, 0.1) is 0 Å². The second-order valence-electron chi connectivity index (χ2n) is 8.37. The third-order valence-electron chi connectivity index (χ3n) is 4.50. The first-order valence-electron chi connectivity index (χ1n) is 10.2. The van der Waals surface area contributed by atoms with Crippen LogP contribution in [-0.4, -0.2) is 59.7 Å². The Morgan fingerprint density at radius 1 is 1.09 bits per heavy atom. The fraction of sp³-hybridized carbons (Fsp3) is 0.545. The van der Waals surface area contributed by atoms with Crippen LogP contribution in [0.5, 0.6) is 0 Å². The van der Waals surface area contributed by atoms with Crippen LogP contribution in [0.3, 0.4) is 0 Å². The quantitative estimate of drug-likeness (QED) is 0.401. The van der Waals surface area contributed by atoms with Gasteiger partial charge in [0, 0.05) is 13.5 Å². The number of nitrogens with zero attached hydrogens (tertiary/aromatic N) is 1. The number of nitrogens with two attached hydrogens (primary N) is 2. The predicted octanol–water partition coefficient (Wildman–Crippen LogP) is 1.49. The van der Waals surface area contributed by atoms with E-state index in [1.807, 2.05) is 30.3 Å². The van der Waals surface area contributed by atoms with Gasteiger partial charge < -0.3 is 30.6 Å². The minimum absolute atomic E-state index is 0.148. The van der Waals surface area contributed by atoms with E-state index in [1.165, 1.54) is 7.05 Å². The normalized spacial score (nSPS) is 14.1. The van der Waals surface area contributed by atoms with Gasteiger partial charge in [-0.1, -0.05) is 30.3 Å². The number of rotatable bonds is 10. The Balaban J connectivity index is 2.63. The highest BCUT2D eigenvalue weighted by molar-refractivity contribution is 5.89. The molecule has 1 aromatic rings. The molecule has 0 aromatic heterocycles. The van der Waals surface area contributed by atoms with Crippen molar-refractivity contribution in [2.24, 2.45) is 11.5 Å². The summed E-state index contributed by atoms with van der Waals surface area (Å²) >= 11 is 0. The Labute approximate surface area is 188 Å². The number of likely N-dealkylation sites (N-methyl/N-ethyl adjacent to an activating group) is 1. The van der Waals surface area contributed by atoms with Gasteiger partial charge in [-0.3, -0.25) is 14.4 Å². The second kappa shape index (κ2) is 12.2. The van der Waals surface area contributed by atoms with E-state index in [0.29, 0.717) is 0 Å². The van der Waals surface area contributed by atoms with Gasteiger partial charge in [-0.25, -0.2) is 4.79 Å². The molecule has 2 amide bonds. The van der Waals surface area contributed by atoms with Gasteiger partial charge in [0.2, 0.25) is 11.8 Å². The van der Waals surface area contributed by atoms with E-state index in [1.54, 1.807) is 27.7 Å². The van der Waals surface area contributed by atoms with Gasteiger partial charge >= 0.3 is 12.1 Å². The van der Waals surface area contributed by atoms with Crippen LogP contribution in [0.2, 0.25) is 0 Å². The maximum absolute atomic E-state index is 12.7. The highest BCUT2D eigenvalue weighted by Crippen LogP contribution is 2.13. The van der Waals surface area contributed by atoms with Crippen molar-refractivity contribution in [3.05, 3.63) is 35.9 Å². The summed E-state index contributed by atoms with van der Waals surface area (Å²) in [4.78, 5) is 49.2. The molecule has 178 valence electrons. The Morgan fingerprint density at radius 3 is 2.22 bits per heavy atom. The number of carbonyl (C=O) groups excluding carboxylic acids is 4. The van der Waals surface area contributed by atoms with E-state index in [2.05, 4.69) is 4.74 Å². The standard InChI is InChI=1S/C22H33N3O7/c1-14(30-13-15-9-7-6-8-10-15)18(23)20(28)25(5)16(19(24)27)11-12-17(26)31-21(29)32-22(2,3)4/h6-10,14,16,18H,11-13,23H2,1-5H3,(H2,24,27)/t14-,16-,18+/m1/s1. The van der Waals surface area contributed by atoms with Crippen LogP contribution in [0.25, 0.3) is 0 Å². The zero-order chi connectivity index (χ0) is 24.5. The summed E-state index contributed by atoms with van der Waals surface area (Å²) in [6.07, 6.45) is -2.27. The second-order valence-corrected chi connectivity index (χ2v) is 8.37. The topological polar surface area (TPSA) is 151 Å². The minimum atomic E-state index is -1.14. The van der Waals surface area contributed by atoms with E-state index in [-0.39, 0.29) is 19.4 Å². The third kappa shape index (κ3) is 9.44. The molecule has 0 saturated heterocycles. The molecule has 0 unspecified atom stereocenters. The lowest BCUT2D eigenvalue weighted by atomic mass is 10.1. The summed E-state index contributed by atoms with van der Waals surface area (Å²) in [5, 5.41) is 0. The number of hydrogen-bond donors (Lipinski definition) is 2. The van der Waals surface area contributed by atoms with E-state index >= 15 is 0 Å². The molecule has 32 heavy (non-hydrogen) atoms. The molecule has 0 aliphatic heterocycles. The first-order valence-corrected chi connectivity index (χ1v) is 10.2. The molecule has 0 spiro atoms. The number of benzene rings is 1. The van der Waals surface area contributed by atoms with Crippen molar-refractivity contribution < 1.29 is 33.4 Å². The average Bonchev–Trinajstić information content (AvgIpc) is 2.69. The number of primary amides is 1. The van der Waals surface area contributed by atoms with E-state index in [4.69, 9.17) is 20.9 Å². The molecule has 0 fully saturated rings. The van der Waals surface area contributed by atoms with Crippen molar-refractivity contribution in [3.63, 3.8) is 0 Å². The lowest BCUT2D eigenvalue weighted by molar-refractivity contribution is -0.145. The first-order chi connectivity index (χ1) is 14.8. The molecule has 0 aliphatic rings. The predicted molar refractivity (Wildman–Crippen MR) is 116 cm³/mol. The highest BCUT2D eigenvalue weighted by Gasteiger charge is 2.32. The van der Waals surface area contributed by atoms with Crippen molar-refractivity contribution in [1.29, 1.82) is 0 Å².